The smallest absolute Gasteiger partial charge is 0.145 e. The van der Waals surface area contributed by atoms with E-state index in [-0.39, 0.29) is 5.82 Å². The molecule has 0 spiro atoms. The lowest BCUT2D eigenvalue weighted by Gasteiger charge is -2.08. The van der Waals surface area contributed by atoms with Crippen LogP contribution in [0, 0.1) is 12.7 Å². The van der Waals surface area contributed by atoms with Gasteiger partial charge in [0.05, 0.1) is 17.1 Å². The van der Waals surface area contributed by atoms with Gasteiger partial charge in [-0.1, -0.05) is 0 Å². The number of nitrogens with two attached hydrogens (primary N) is 1. The summed E-state index contributed by atoms with van der Waals surface area (Å²) in [6.45, 7) is 2.21. The van der Waals surface area contributed by atoms with Crippen molar-refractivity contribution in [1.29, 1.82) is 0 Å². The fourth-order valence-corrected chi connectivity index (χ4v) is 1.58. The average molecular weight is 235 g/mol. The van der Waals surface area contributed by atoms with Gasteiger partial charge in [0, 0.05) is 13.1 Å². The summed E-state index contributed by atoms with van der Waals surface area (Å²) in [5.41, 5.74) is 7.93. The number of halogens is 1. The molecule has 0 bridgehead atoms. The fraction of sp³-hybridized carbons (Fsp3) is 0.250. The maximum absolute atomic E-state index is 13.0. The molecule has 1 heterocycles. The third kappa shape index (κ3) is 2.55. The second kappa shape index (κ2) is 4.45. The van der Waals surface area contributed by atoms with Gasteiger partial charge in [0.15, 0.2) is 0 Å². The highest BCUT2D eigenvalue weighted by Gasteiger charge is 2.06. The van der Waals surface area contributed by atoms with Crippen LogP contribution in [0.5, 0.6) is 5.75 Å². The predicted octanol–water partition coefficient (Wildman–Crippen LogP) is 2.03. The number of nitrogens with zero attached hydrogens (tertiary/aromatic N) is 2. The number of aryl methyl sites for hydroxylation is 2. The molecule has 0 atom stereocenters. The molecule has 90 valence electrons. The first kappa shape index (κ1) is 11.4. The van der Waals surface area contributed by atoms with Crippen LogP contribution in [0.15, 0.2) is 24.3 Å². The lowest BCUT2D eigenvalue weighted by molar-refractivity contribution is 0.295. The molecule has 2 aromatic rings. The third-order valence-electron chi connectivity index (χ3n) is 2.45. The van der Waals surface area contributed by atoms with Gasteiger partial charge in [0.25, 0.3) is 0 Å². The first-order valence-corrected chi connectivity index (χ1v) is 5.23. The van der Waals surface area contributed by atoms with Crippen LogP contribution >= 0.6 is 0 Å². The summed E-state index contributed by atoms with van der Waals surface area (Å²) in [5.74, 6) is -0.0146. The Kier molecular flexibility index (Phi) is 2.99. The quantitative estimate of drug-likeness (QED) is 0.828. The Balaban J connectivity index is 2.12. The first-order chi connectivity index (χ1) is 8.06. The summed E-state index contributed by atoms with van der Waals surface area (Å²) in [6, 6.07) is 5.98. The van der Waals surface area contributed by atoms with Crippen molar-refractivity contribution in [3.05, 3.63) is 41.5 Å². The summed E-state index contributed by atoms with van der Waals surface area (Å²) in [4.78, 5) is 0. The Morgan fingerprint density at radius 1 is 1.41 bits per heavy atom. The molecule has 0 unspecified atom stereocenters. The molecule has 0 fully saturated rings. The molecule has 0 amide bonds. The maximum Gasteiger partial charge on any atom is 0.145 e. The van der Waals surface area contributed by atoms with Gasteiger partial charge in [-0.2, -0.15) is 5.10 Å². The predicted molar refractivity (Wildman–Crippen MR) is 63.1 cm³/mol. The van der Waals surface area contributed by atoms with Crippen LogP contribution < -0.4 is 10.5 Å². The molecule has 4 nitrogen and oxygen atoms in total. The van der Waals surface area contributed by atoms with Gasteiger partial charge in [-0.15, -0.1) is 0 Å². The highest BCUT2D eigenvalue weighted by atomic mass is 19.1. The van der Waals surface area contributed by atoms with Crippen molar-refractivity contribution in [2.45, 2.75) is 13.5 Å². The summed E-state index contributed by atoms with van der Waals surface area (Å²) in [5, 5.41) is 4.19. The van der Waals surface area contributed by atoms with E-state index < -0.39 is 0 Å². The van der Waals surface area contributed by atoms with Crippen molar-refractivity contribution < 1.29 is 9.13 Å². The molecule has 1 aromatic heterocycles. The lowest BCUT2D eigenvalue weighted by atomic mass is 10.3. The number of rotatable bonds is 3. The van der Waals surface area contributed by atoms with E-state index in [4.69, 9.17) is 10.5 Å². The van der Waals surface area contributed by atoms with E-state index in [1.54, 1.807) is 4.68 Å². The van der Waals surface area contributed by atoms with Crippen molar-refractivity contribution in [2.75, 3.05) is 5.73 Å². The number of ether oxygens (including phenoxy) is 1. The number of hydrogen-bond donors (Lipinski definition) is 1. The van der Waals surface area contributed by atoms with Crippen molar-refractivity contribution >= 4 is 5.69 Å². The Morgan fingerprint density at radius 3 is 2.82 bits per heavy atom. The van der Waals surface area contributed by atoms with Gasteiger partial charge in [0.1, 0.15) is 18.2 Å². The molecule has 17 heavy (non-hydrogen) atoms. The molecule has 1 aromatic carbocycles. The topological polar surface area (TPSA) is 53.1 Å². The van der Waals surface area contributed by atoms with Gasteiger partial charge in [-0.05, 0) is 25.1 Å². The minimum atomic E-state index is -0.365. The standard InChI is InChI=1S/C12H14FN3O/c1-8-5-10(16(2)15-8)7-17-12-6-9(13)3-4-11(12)14/h3-6H,7,14H2,1-2H3. The molecule has 0 saturated heterocycles. The van der Waals surface area contributed by atoms with E-state index >= 15 is 0 Å². The van der Waals surface area contributed by atoms with Gasteiger partial charge in [0.2, 0.25) is 0 Å². The molecule has 0 aliphatic rings. The second-order valence-corrected chi connectivity index (χ2v) is 3.87. The number of benzene rings is 1. The van der Waals surface area contributed by atoms with E-state index in [0.717, 1.165) is 11.4 Å². The van der Waals surface area contributed by atoms with E-state index in [9.17, 15) is 4.39 Å². The highest BCUT2D eigenvalue weighted by molar-refractivity contribution is 5.52. The van der Waals surface area contributed by atoms with Gasteiger partial charge < -0.3 is 10.5 Å². The largest absolute Gasteiger partial charge is 0.485 e. The van der Waals surface area contributed by atoms with Crippen LogP contribution in [-0.2, 0) is 13.7 Å². The minimum Gasteiger partial charge on any atom is -0.485 e. The number of hydrogen-bond acceptors (Lipinski definition) is 3. The van der Waals surface area contributed by atoms with E-state index in [1.165, 1.54) is 18.2 Å². The number of aromatic nitrogens is 2. The van der Waals surface area contributed by atoms with Crippen molar-refractivity contribution in [1.82, 2.24) is 9.78 Å². The lowest BCUT2D eigenvalue weighted by Crippen LogP contribution is -2.04. The van der Waals surface area contributed by atoms with E-state index in [2.05, 4.69) is 5.10 Å². The van der Waals surface area contributed by atoms with E-state index in [0.29, 0.717) is 18.0 Å². The molecule has 0 radical (unpaired) electrons. The first-order valence-electron chi connectivity index (χ1n) is 5.23. The Bertz CT molecular complexity index is 537. The Hall–Kier alpha value is -2.04. The van der Waals surface area contributed by atoms with Gasteiger partial charge in [-0.25, -0.2) is 4.39 Å². The van der Waals surface area contributed by atoms with Gasteiger partial charge in [-0.3, -0.25) is 4.68 Å². The maximum atomic E-state index is 13.0. The van der Waals surface area contributed by atoms with Crippen LogP contribution in [0.25, 0.3) is 0 Å². The minimum absolute atomic E-state index is 0.311. The highest BCUT2D eigenvalue weighted by Crippen LogP contribution is 2.23. The van der Waals surface area contributed by atoms with Crippen molar-refractivity contribution in [2.24, 2.45) is 7.05 Å². The summed E-state index contributed by atoms with van der Waals surface area (Å²) < 4.78 is 20.2. The summed E-state index contributed by atoms with van der Waals surface area (Å²) in [7, 11) is 1.83. The molecule has 5 heteroatoms. The molecular weight excluding hydrogens is 221 g/mol. The Morgan fingerprint density at radius 2 is 2.18 bits per heavy atom. The van der Waals surface area contributed by atoms with Crippen LogP contribution in [0.3, 0.4) is 0 Å². The van der Waals surface area contributed by atoms with Crippen molar-refractivity contribution in [3.8, 4) is 5.75 Å². The zero-order valence-electron chi connectivity index (χ0n) is 9.77. The monoisotopic (exact) mass is 235 g/mol. The third-order valence-corrected chi connectivity index (χ3v) is 2.45. The summed E-state index contributed by atoms with van der Waals surface area (Å²) >= 11 is 0. The fourth-order valence-electron chi connectivity index (χ4n) is 1.58. The zero-order chi connectivity index (χ0) is 12.4. The van der Waals surface area contributed by atoms with Crippen molar-refractivity contribution in [3.63, 3.8) is 0 Å². The van der Waals surface area contributed by atoms with Crippen LogP contribution in [0.1, 0.15) is 11.4 Å². The molecule has 0 aliphatic carbocycles. The second-order valence-electron chi connectivity index (χ2n) is 3.87. The normalized spacial score (nSPS) is 10.5. The van der Waals surface area contributed by atoms with E-state index in [1.807, 2.05) is 20.0 Å². The van der Waals surface area contributed by atoms with Crippen LogP contribution in [0.4, 0.5) is 10.1 Å². The Labute approximate surface area is 98.8 Å². The van der Waals surface area contributed by atoms with Gasteiger partial charge >= 0.3 is 0 Å². The SMILES string of the molecule is Cc1cc(COc2cc(F)ccc2N)n(C)n1. The summed E-state index contributed by atoms with van der Waals surface area (Å²) in [6.07, 6.45) is 0. The molecular formula is C12H14FN3O. The number of nitrogen functional groups attached to an aromatic ring is 1. The number of anilines is 1. The molecule has 0 aliphatic heterocycles. The van der Waals surface area contributed by atoms with Crippen LogP contribution in [-0.4, -0.2) is 9.78 Å². The molecule has 2 N–H and O–H groups in total. The average Bonchev–Trinajstić information content (AvgIpc) is 2.59. The van der Waals surface area contributed by atoms with Crippen LogP contribution in [0.2, 0.25) is 0 Å². The zero-order valence-corrected chi connectivity index (χ0v) is 9.77. The molecule has 0 saturated carbocycles. The molecule has 2 rings (SSSR count).